The van der Waals surface area contributed by atoms with Crippen molar-refractivity contribution in [2.75, 3.05) is 7.05 Å². The van der Waals surface area contributed by atoms with Gasteiger partial charge in [0.2, 0.25) is 0 Å². The van der Waals surface area contributed by atoms with Crippen LogP contribution < -0.4 is 5.32 Å². The van der Waals surface area contributed by atoms with E-state index < -0.39 is 0 Å². The van der Waals surface area contributed by atoms with Gasteiger partial charge >= 0.3 is 0 Å². The molecular weight excluding hydrogens is 266 g/mol. The maximum Gasteiger partial charge on any atom is 0.00276 e. The maximum absolute atomic E-state index is 4.22. The molecule has 0 amide bonds. The van der Waals surface area contributed by atoms with Crippen molar-refractivity contribution in [3.8, 4) is 0 Å². The molecule has 0 aromatic heterocycles. The highest BCUT2D eigenvalue weighted by Crippen LogP contribution is 2.26. The van der Waals surface area contributed by atoms with Gasteiger partial charge in [-0.25, -0.2) is 0 Å². The van der Waals surface area contributed by atoms with Crippen molar-refractivity contribution >= 4 is 0 Å². The third-order valence-corrected chi connectivity index (χ3v) is 4.24. The van der Waals surface area contributed by atoms with Crippen LogP contribution in [-0.4, -0.2) is 7.05 Å². The van der Waals surface area contributed by atoms with Gasteiger partial charge in [-0.05, 0) is 67.9 Å². The van der Waals surface area contributed by atoms with E-state index in [2.05, 4.69) is 65.2 Å². The van der Waals surface area contributed by atoms with Gasteiger partial charge in [-0.15, -0.1) is 6.58 Å². The van der Waals surface area contributed by atoms with E-state index in [1.54, 1.807) is 0 Å². The van der Waals surface area contributed by atoms with Gasteiger partial charge < -0.3 is 5.32 Å². The Morgan fingerprint density at radius 1 is 1.18 bits per heavy atom. The molecule has 22 heavy (non-hydrogen) atoms. The Labute approximate surface area is 138 Å². The Morgan fingerprint density at radius 3 is 2.32 bits per heavy atom. The van der Waals surface area contributed by atoms with E-state index in [-0.39, 0.29) is 0 Å². The van der Waals surface area contributed by atoms with E-state index in [1.165, 1.54) is 22.3 Å². The van der Waals surface area contributed by atoms with E-state index in [9.17, 15) is 0 Å². The lowest BCUT2D eigenvalue weighted by atomic mass is 9.89. The van der Waals surface area contributed by atoms with Gasteiger partial charge in [0.25, 0.3) is 0 Å². The highest BCUT2D eigenvalue weighted by Gasteiger charge is 2.09. The fourth-order valence-corrected chi connectivity index (χ4v) is 2.37. The third kappa shape index (κ3) is 7.49. The molecule has 1 unspecified atom stereocenters. The average Bonchev–Trinajstić information content (AvgIpc) is 2.49. The van der Waals surface area contributed by atoms with Crippen molar-refractivity contribution in [3.05, 3.63) is 59.9 Å². The van der Waals surface area contributed by atoms with Crippen LogP contribution in [0, 0.1) is 11.8 Å². The number of rotatable bonds is 10. The van der Waals surface area contributed by atoms with Crippen molar-refractivity contribution in [2.24, 2.45) is 11.8 Å². The third-order valence-electron chi connectivity index (χ3n) is 4.24. The van der Waals surface area contributed by atoms with E-state index in [4.69, 9.17) is 0 Å². The largest absolute Gasteiger partial charge is 0.394 e. The van der Waals surface area contributed by atoms with Gasteiger partial charge in [-0.2, -0.15) is 0 Å². The smallest absolute Gasteiger partial charge is 0.00276 e. The summed E-state index contributed by atoms with van der Waals surface area (Å²) in [5.74, 6) is 1.06. The maximum atomic E-state index is 4.22. The lowest BCUT2D eigenvalue weighted by molar-refractivity contribution is 0.609. The molecular formula is C21H35N. The average molecular weight is 302 g/mol. The lowest BCUT2D eigenvalue weighted by Crippen LogP contribution is -2.01. The van der Waals surface area contributed by atoms with Crippen LogP contribution in [0.1, 0.15) is 53.9 Å². The summed E-state index contributed by atoms with van der Waals surface area (Å²) in [5.41, 5.74) is 5.34. The molecule has 1 heteroatoms. The number of allylic oxidation sites excluding steroid dienone is 7. The molecule has 0 heterocycles. The van der Waals surface area contributed by atoms with Crippen LogP contribution in [0.4, 0.5) is 0 Å². The molecule has 0 radical (unpaired) electrons. The van der Waals surface area contributed by atoms with E-state index in [0.29, 0.717) is 11.8 Å². The van der Waals surface area contributed by atoms with Gasteiger partial charge in [0, 0.05) is 7.05 Å². The first-order valence-corrected chi connectivity index (χ1v) is 8.35. The van der Waals surface area contributed by atoms with Crippen molar-refractivity contribution in [1.29, 1.82) is 0 Å². The first kappa shape index (κ1) is 20.5. The van der Waals surface area contributed by atoms with Gasteiger partial charge in [0.15, 0.2) is 0 Å². The monoisotopic (exact) mass is 301 g/mol. The fraction of sp³-hybridized carbons (Fsp3) is 0.524. The normalized spacial score (nSPS) is 15.0. The Morgan fingerprint density at radius 2 is 1.82 bits per heavy atom. The molecule has 0 aromatic rings. The number of nitrogens with one attached hydrogen (secondary N) is 1. The lowest BCUT2D eigenvalue weighted by Gasteiger charge is -2.17. The Balaban J connectivity index is 5.13. The molecule has 124 valence electrons. The summed E-state index contributed by atoms with van der Waals surface area (Å²) in [6, 6.07) is 0. The first-order chi connectivity index (χ1) is 10.3. The molecule has 0 saturated heterocycles. The van der Waals surface area contributed by atoms with Crippen molar-refractivity contribution in [2.45, 2.75) is 53.9 Å². The molecule has 1 N–H and O–H groups in total. The van der Waals surface area contributed by atoms with Crippen LogP contribution in [0.25, 0.3) is 0 Å². The summed E-state index contributed by atoms with van der Waals surface area (Å²) < 4.78 is 0. The minimum Gasteiger partial charge on any atom is -0.394 e. The van der Waals surface area contributed by atoms with Gasteiger partial charge in [0.1, 0.15) is 0 Å². The Bertz CT molecular complexity index is 447. The van der Waals surface area contributed by atoms with Crippen LogP contribution in [0.2, 0.25) is 0 Å². The molecule has 0 aliphatic heterocycles. The second kappa shape index (κ2) is 11.1. The molecule has 0 bridgehead atoms. The van der Waals surface area contributed by atoms with Crippen LogP contribution >= 0.6 is 0 Å². The molecule has 0 aliphatic carbocycles. The molecule has 0 fully saturated rings. The minimum absolute atomic E-state index is 0.496. The SMILES string of the molecule is C=CC/C(=C\C(C)=C(/C)C(=C)C(C)C)C(C)CC/C=C/NC. The topological polar surface area (TPSA) is 12.0 Å². The number of hydrogen-bond donors (Lipinski definition) is 1. The molecule has 0 saturated carbocycles. The fourth-order valence-electron chi connectivity index (χ4n) is 2.37. The van der Waals surface area contributed by atoms with Crippen molar-refractivity contribution < 1.29 is 0 Å². The summed E-state index contributed by atoms with van der Waals surface area (Å²) in [4.78, 5) is 0. The summed E-state index contributed by atoms with van der Waals surface area (Å²) in [7, 11) is 1.93. The molecule has 1 nitrogen and oxygen atoms in total. The number of hydrogen-bond acceptors (Lipinski definition) is 1. The van der Waals surface area contributed by atoms with Crippen molar-refractivity contribution in [1.82, 2.24) is 5.32 Å². The van der Waals surface area contributed by atoms with Crippen molar-refractivity contribution in [3.63, 3.8) is 0 Å². The van der Waals surface area contributed by atoms with Gasteiger partial charge in [0.05, 0.1) is 0 Å². The zero-order chi connectivity index (χ0) is 17.1. The highest BCUT2D eigenvalue weighted by molar-refractivity contribution is 5.38. The summed E-state index contributed by atoms with van der Waals surface area (Å²) in [6.07, 6.45) is 11.8. The van der Waals surface area contributed by atoms with Crippen LogP contribution in [0.5, 0.6) is 0 Å². The summed E-state index contributed by atoms with van der Waals surface area (Å²) in [5, 5.41) is 3.04. The predicted molar refractivity (Wildman–Crippen MR) is 102 cm³/mol. The molecule has 0 aromatic carbocycles. The van der Waals surface area contributed by atoms with Gasteiger partial charge in [-0.1, -0.05) is 51.2 Å². The highest BCUT2D eigenvalue weighted by atomic mass is 14.8. The predicted octanol–water partition coefficient (Wildman–Crippen LogP) is 6.19. The second-order valence-corrected chi connectivity index (χ2v) is 6.37. The zero-order valence-electron chi connectivity index (χ0n) is 15.5. The van der Waals surface area contributed by atoms with E-state index in [0.717, 1.165) is 19.3 Å². The van der Waals surface area contributed by atoms with Crippen LogP contribution in [0.15, 0.2) is 59.9 Å². The standard InChI is InChI=1S/C21H35N/c1-9-12-21(17(4)13-10-11-14-22-8)15-18(5)20(7)19(6)16(2)3/h9,11,14-17,22H,1,6,10,12-13H2,2-5,7-8H3/b14-11+,20-18+,21-15+. The minimum atomic E-state index is 0.496. The first-order valence-electron chi connectivity index (χ1n) is 8.35. The summed E-state index contributed by atoms with van der Waals surface area (Å²) >= 11 is 0. The molecule has 0 aliphatic rings. The molecule has 0 rings (SSSR count). The van der Waals surface area contributed by atoms with Crippen LogP contribution in [0.3, 0.4) is 0 Å². The van der Waals surface area contributed by atoms with Gasteiger partial charge in [-0.3, -0.25) is 0 Å². The molecule has 1 atom stereocenters. The quantitative estimate of drug-likeness (QED) is 0.375. The summed E-state index contributed by atoms with van der Waals surface area (Å²) in [6.45, 7) is 19.2. The van der Waals surface area contributed by atoms with Crippen LogP contribution in [-0.2, 0) is 0 Å². The van der Waals surface area contributed by atoms with E-state index in [1.807, 2.05) is 19.3 Å². The van der Waals surface area contributed by atoms with E-state index >= 15 is 0 Å². The second-order valence-electron chi connectivity index (χ2n) is 6.37. The zero-order valence-corrected chi connectivity index (χ0v) is 15.5. The Kier molecular flexibility index (Phi) is 10.4. The Hall–Kier alpha value is -1.50. The molecule has 0 spiro atoms.